The molecule has 1 aliphatic rings. The minimum Gasteiger partial charge on any atom is -0.478 e. The number of piperazine rings is 1. The number of aromatic carboxylic acids is 1. The number of carbonyl (C=O) groups is 3. The van der Waals surface area contributed by atoms with E-state index in [1.807, 2.05) is 5.32 Å². The molecule has 1 saturated heterocycles. The molecule has 0 spiro atoms. The monoisotopic (exact) mass is 312 g/mol. The number of sulfonamides is 1. The van der Waals surface area contributed by atoms with Gasteiger partial charge in [0.25, 0.3) is 0 Å². The minimum absolute atomic E-state index is 0.0587. The van der Waals surface area contributed by atoms with Crippen LogP contribution in [0, 0.1) is 6.92 Å². The van der Waals surface area contributed by atoms with E-state index in [0.29, 0.717) is 0 Å². The Hall–Kier alpha value is -2.26. The van der Waals surface area contributed by atoms with E-state index in [2.05, 4.69) is 0 Å². The standard InChI is InChI=1S/C12H12N2O6S/c1-7-8(12(17)18)3-2-4-9(7)21(19,20)14-5-10(15)13-11(16)6-14/h2-4H,5-6H2,1H3,(H,17,18)(H,13,15,16). The van der Waals surface area contributed by atoms with Gasteiger partial charge in [0.15, 0.2) is 0 Å². The third-order valence-electron chi connectivity index (χ3n) is 3.05. The molecule has 8 nitrogen and oxygen atoms in total. The molecule has 0 bridgehead atoms. The van der Waals surface area contributed by atoms with E-state index in [4.69, 9.17) is 5.11 Å². The number of carbonyl (C=O) groups excluding carboxylic acids is 2. The van der Waals surface area contributed by atoms with Crippen LogP contribution in [0.3, 0.4) is 0 Å². The molecule has 0 aromatic heterocycles. The van der Waals surface area contributed by atoms with Gasteiger partial charge in [-0.3, -0.25) is 14.9 Å². The van der Waals surface area contributed by atoms with E-state index in [1.54, 1.807) is 0 Å². The third kappa shape index (κ3) is 2.78. The summed E-state index contributed by atoms with van der Waals surface area (Å²) in [7, 11) is -4.13. The summed E-state index contributed by atoms with van der Waals surface area (Å²) in [5.41, 5.74) is -0.0905. The summed E-state index contributed by atoms with van der Waals surface area (Å²) in [5.74, 6) is -2.69. The molecule has 0 aliphatic carbocycles. The molecule has 2 N–H and O–H groups in total. The number of amides is 2. The molecule has 1 aromatic rings. The lowest BCUT2D eigenvalue weighted by Crippen LogP contribution is -2.53. The van der Waals surface area contributed by atoms with Gasteiger partial charge in [0.2, 0.25) is 21.8 Å². The van der Waals surface area contributed by atoms with Gasteiger partial charge in [0.1, 0.15) is 0 Å². The van der Waals surface area contributed by atoms with Gasteiger partial charge in [-0.2, -0.15) is 4.31 Å². The normalized spacial score (nSPS) is 16.6. The number of carboxylic acids is 1. The van der Waals surface area contributed by atoms with Crippen LogP contribution in [0.2, 0.25) is 0 Å². The fraction of sp³-hybridized carbons (Fsp3) is 0.250. The Labute approximate surface area is 120 Å². The average molecular weight is 312 g/mol. The zero-order valence-corrected chi connectivity index (χ0v) is 11.8. The summed E-state index contributed by atoms with van der Waals surface area (Å²) < 4.78 is 25.7. The van der Waals surface area contributed by atoms with Crippen LogP contribution in [-0.2, 0) is 19.6 Å². The van der Waals surface area contributed by atoms with Crippen LogP contribution in [0.4, 0.5) is 0 Å². The second kappa shape index (κ2) is 5.26. The van der Waals surface area contributed by atoms with Crippen LogP contribution < -0.4 is 5.32 Å². The SMILES string of the molecule is Cc1c(C(=O)O)cccc1S(=O)(=O)N1CC(=O)NC(=O)C1. The first-order valence-electron chi connectivity index (χ1n) is 5.89. The van der Waals surface area contributed by atoms with Gasteiger partial charge in [0, 0.05) is 0 Å². The van der Waals surface area contributed by atoms with Crippen molar-refractivity contribution in [2.24, 2.45) is 0 Å². The molecule has 1 fully saturated rings. The Morgan fingerprint density at radius 2 is 1.81 bits per heavy atom. The van der Waals surface area contributed by atoms with Gasteiger partial charge in [-0.25, -0.2) is 13.2 Å². The van der Waals surface area contributed by atoms with E-state index >= 15 is 0 Å². The first-order valence-corrected chi connectivity index (χ1v) is 7.33. The molecule has 0 atom stereocenters. The highest BCUT2D eigenvalue weighted by Gasteiger charge is 2.34. The quantitative estimate of drug-likeness (QED) is 0.715. The molecule has 1 heterocycles. The Morgan fingerprint density at radius 1 is 1.24 bits per heavy atom. The van der Waals surface area contributed by atoms with Gasteiger partial charge >= 0.3 is 5.97 Å². The lowest BCUT2D eigenvalue weighted by Gasteiger charge is -2.25. The van der Waals surface area contributed by atoms with Crippen molar-refractivity contribution in [1.82, 2.24) is 9.62 Å². The van der Waals surface area contributed by atoms with Crippen molar-refractivity contribution in [3.8, 4) is 0 Å². The molecule has 9 heteroatoms. The van der Waals surface area contributed by atoms with Crippen molar-refractivity contribution >= 4 is 27.8 Å². The maximum absolute atomic E-state index is 12.5. The predicted octanol–water partition coefficient (Wildman–Crippen LogP) is -0.660. The smallest absolute Gasteiger partial charge is 0.335 e. The zero-order chi connectivity index (χ0) is 15.8. The molecule has 2 amide bonds. The molecular formula is C12H12N2O6S. The summed E-state index contributed by atoms with van der Waals surface area (Å²) >= 11 is 0. The number of rotatable bonds is 3. The van der Waals surface area contributed by atoms with Crippen LogP contribution in [0.1, 0.15) is 15.9 Å². The predicted molar refractivity (Wildman–Crippen MR) is 70.0 cm³/mol. The van der Waals surface area contributed by atoms with Crippen molar-refractivity contribution < 1.29 is 27.9 Å². The van der Waals surface area contributed by atoms with Gasteiger partial charge in [-0.15, -0.1) is 0 Å². The van der Waals surface area contributed by atoms with Crippen molar-refractivity contribution in [1.29, 1.82) is 0 Å². The van der Waals surface area contributed by atoms with Crippen LogP contribution in [0.15, 0.2) is 23.1 Å². The van der Waals surface area contributed by atoms with Crippen molar-refractivity contribution in [3.63, 3.8) is 0 Å². The topological polar surface area (TPSA) is 121 Å². The maximum Gasteiger partial charge on any atom is 0.335 e. The van der Waals surface area contributed by atoms with E-state index in [-0.39, 0.29) is 16.0 Å². The summed E-state index contributed by atoms with van der Waals surface area (Å²) in [6.07, 6.45) is 0. The van der Waals surface area contributed by atoms with Gasteiger partial charge in [-0.1, -0.05) is 6.07 Å². The summed E-state index contributed by atoms with van der Waals surface area (Å²) in [6, 6.07) is 3.83. The van der Waals surface area contributed by atoms with Crippen molar-refractivity contribution in [2.45, 2.75) is 11.8 Å². The van der Waals surface area contributed by atoms with Crippen molar-refractivity contribution in [3.05, 3.63) is 29.3 Å². The van der Waals surface area contributed by atoms with Gasteiger partial charge in [0.05, 0.1) is 23.5 Å². The molecule has 0 radical (unpaired) electrons. The fourth-order valence-electron chi connectivity index (χ4n) is 2.05. The number of imide groups is 1. The number of carboxylic acid groups (broad SMARTS) is 1. The van der Waals surface area contributed by atoms with Crippen molar-refractivity contribution in [2.75, 3.05) is 13.1 Å². The minimum atomic E-state index is -4.13. The Bertz CT molecular complexity index is 724. The third-order valence-corrected chi connectivity index (χ3v) is 4.99. The molecule has 0 saturated carbocycles. The Balaban J connectivity index is 2.50. The lowest BCUT2D eigenvalue weighted by molar-refractivity contribution is -0.134. The molecule has 2 rings (SSSR count). The first-order chi connectivity index (χ1) is 9.73. The molecule has 1 aliphatic heterocycles. The van der Waals surface area contributed by atoms with Crippen LogP contribution in [0.25, 0.3) is 0 Å². The second-order valence-corrected chi connectivity index (χ2v) is 6.38. The highest BCUT2D eigenvalue weighted by molar-refractivity contribution is 7.89. The molecule has 0 unspecified atom stereocenters. The van der Waals surface area contributed by atoms with E-state index in [0.717, 1.165) is 4.31 Å². The molecule has 112 valence electrons. The first kappa shape index (κ1) is 15.1. The fourth-order valence-corrected chi connectivity index (χ4v) is 3.65. The molecule has 1 aromatic carbocycles. The number of hydrogen-bond donors (Lipinski definition) is 2. The molecular weight excluding hydrogens is 300 g/mol. The van der Waals surface area contributed by atoms with Gasteiger partial charge < -0.3 is 5.11 Å². The summed E-state index contributed by atoms with van der Waals surface area (Å²) in [5, 5.41) is 11.0. The van der Waals surface area contributed by atoms with E-state index in [9.17, 15) is 22.8 Å². The number of hydrogen-bond acceptors (Lipinski definition) is 5. The highest BCUT2D eigenvalue weighted by atomic mass is 32.2. The zero-order valence-electron chi connectivity index (χ0n) is 11.0. The number of nitrogens with one attached hydrogen (secondary N) is 1. The van der Waals surface area contributed by atoms with Crippen LogP contribution in [0.5, 0.6) is 0 Å². The number of nitrogens with zero attached hydrogens (tertiary/aromatic N) is 1. The second-order valence-electron chi connectivity index (χ2n) is 4.48. The van der Waals surface area contributed by atoms with Gasteiger partial charge in [-0.05, 0) is 24.6 Å². The average Bonchev–Trinajstić information content (AvgIpc) is 2.37. The number of benzene rings is 1. The highest BCUT2D eigenvalue weighted by Crippen LogP contribution is 2.23. The Morgan fingerprint density at radius 3 is 2.33 bits per heavy atom. The summed E-state index contributed by atoms with van der Waals surface area (Å²) in [6.45, 7) is 0.401. The molecule has 21 heavy (non-hydrogen) atoms. The Kier molecular flexibility index (Phi) is 3.79. The lowest BCUT2D eigenvalue weighted by atomic mass is 10.1. The van der Waals surface area contributed by atoms with E-state index < -0.39 is 40.9 Å². The summed E-state index contributed by atoms with van der Waals surface area (Å²) in [4.78, 5) is 33.4. The van der Waals surface area contributed by atoms with Crippen LogP contribution >= 0.6 is 0 Å². The maximum atomic E-state index is 12.5. The largest absolute Gasteiger partial charge is 0.478 e. The van der Waals surface area contributed by atoms with Crippen LogP contribution in [-0.4, -0.2) is 48.7 Å². The van der Waals surface area contributed by atoms with E-state index in [1.165, 1.54) is 25.1 Å².